The molecule has 2 atom stereocenters. The highest BCUT2D eigenvalue weighted by atomic mass is 14.9. The zero-order valence-corrected chi connectivity index (χ0v) is 12.1. The van der Waals surface area contributed by atoms with Crippen LogP contribution in [-0.2, 0) is 5.41 Å². The van der Waals surface area contributed by atoms with Crippen molar-refractivity contribution in [1.82, 2.24) is 5.32 Å². The van der Waals surface area contributed by atoms with Crippen molar-refractivity contribution >= 4 is 0 Å². The minimum absolute atomic E-state index is 0.254. The van der Waals surface area contributed by atoms with E-state index in [0.29, 0.717) is 12.0 Å². The quantitative estimate of drug-likeness (QED) is 0.781. The largest absolute Gasteiger partial charge is 0.309 e. The summed E-state index contributed by atoms with van der Waals surface area (Å²) < 4.78 is 0. The van der Waals surface area contributed by atoms with E-state index in [1.165, 1.54) is 18.4 Å². The van der Waals surface area contributed by atoms with E-state index in [1.807, 2.05) is 0 Å². The smallest absolute Gasteiger partial charge is 0.0351 e. The molecule has 2 unspecified atom stereocenters. The molecule has 1 saturated carbocycles. The van der Waals surface area contributed by atoms with Crippen molar-refractivity contribution in [3.8, 4) is 0 Å². The lowest BCUT2D eigenvalue weighted by Crippen LogP contribution is -2.33. The Hall–Kier alpha value is -0.820. The van der Waals surface area contributed by atoms with Crippen LogP contribution in [-0.4, -0.2) is 6.54 Å². The van der Waals surface area contributed by atoms with E-state index in [2.05, 4.69) is 51.2 Å². The Morgan fingerprint density at radius 3 is 2.44 bits per heavy atom. The molecule has 1 aromatic rings. The van der Waals surface area contributed by atoms with E-state index >= 15 is 0 Å². The first-order valence-corrected chi connectivity index (χ1v) is 7.34. The summed E-state index contributed by atoms with van der Waals surface area (Å²) in [6.07, 6.45) is 2.82. The summed E-state index contributed by atoms with van der Waals surface area (Å²) in [5, 5.41) is 3.77. The van der Waals surface area contributed by atoms with E-state index in [0.717, 1.165) is 12.5 Å². The molecule has 1 heterocycles. The molecule has 1 aromatic carbocycles. The number of hydrogen-bond donors (Lipinski definition) is 1. The molecule has 2 aliphatic rings. The van der Waals surface area contributed by atoms with Crippen LogP contribution in [0.1, 0.15) is 69.2 Å². The van der Waals surface area contributed by atoms with Gasteiger partial charge >= 0.3 is 0 Å². The summed E-state index contributed by atoms with van der Waals surface area (Å²) >= 11 is 0. The summed E-state index contributed by atoms with van der Waals surface area (Å²) in [6.45, 7) is 10.4. The third-order valence-electron chi connectivity index (χ3n) is 4.56. The first kappa shape index (κ1) is 12.2. The van der Waals surface area contributed by atoms with Crippen molar-refractivity contribution in [3.05, 3.63) is 34.9 Å². The number of benzene rings is 1. The number of fused-ring (bicyclic) bond motifs is 1. The maximum Gasteiger partial charge on any atom is 0.0351 e. The van der Waals surface area contributed by atoms with Crippen LogP contribution in [0.25, 0.3) is 0 Å². The van der Waals surface area contributed by atoms with Crippen molar-refractivity contribution in [2.45, 2.75) is 57.9 Å². The Bertz CT molecular complexity index is 451. The van der Waals surface area contributed by atoms with Gasteiger partial charge in [0.15, 0.2) is 0 Å². The molecule has 1 aliphatic heterocycles. The molecule has 1 aliphatic carbocycles. The zero-order valence-electron chi connectivity index (χ0n) is 12.1. The van der Waals surface area contributed by atoms with Gasteiger partial charge in [-0.3, -0.25) is 0 Å². The fourth-order valence-electron chi connectivity index (χ4n) is 3.13. The Morgan fingerprint density at radius 1 is 1.11 bits per heavy atom. The van der Waals surface area contributed by atoms with Crippen LogP contribution in [0.15, 0.2) is 18.2 Å². The molecule has 0 radical (unpaired) electrons. The van der Waals surface area contributed by atoms with E-state index < -0.39 is 0 Å². The van der Waals surface area contributed by atoms with E-state index in [9.17, 15) is 0 Å². The Balaban J connectivity index is 2.04. The van der Waals surface area contributed by atoms with Gasteiger partial charge in [0.25, 0.3) is 0 Å². The van der Waals surface area contributed by atoms with Crippen LogP contribution in [0.4, 0.5) is 0 Å². The number of nitrogens with one attached hydrogen (secondary N) is 1. The number of hydrogen-bond acceptors (Lipinski definition) is 1. The molecule has 0 aromatic heterocycles. The molecule has 1 nitrogen and oxygen atoms in total. The third kappa shape index (κ3) is 2.09. The fourth-order valence-corrected chi connectivity index (χ4v) is 3.13. The van der Waals surface area contributed by atoms with Crippen LogP contribution >= 0.6 is 0 Å². The van der Waals surface area contributed by atoms with Crippen LogP contribution in [0.2, 0.25) is 0 Å². The molecular weight excluding hydrogens is 218 g/mol. The molecule has 1 heteroatoms. The van der Waals surface area contributed by atoms with E-state index in [1.54, 1.807) is 11.1 Å². The van der Waals surface area contributed by atoms with E-state index in [-0.39, 0.29) is 5.41 Å². The second-order valence-corrected chi connectivity index (χ2v) is 7.22. The van der Waals surface area contributed by atoms with Crippen LogP contribution in [0.5, 0.6) is 0 Å². The molecule has 18 heavy (non-hydrogen) atoms. The van der Waals surface area contributed by atoms with Gasteiger partial charge in [-0.15, -0.1) is 0 Å². The van der Waals surface area contributed by atoms with Crippen molar-refractivity contribution in [3.63, 3.8) is 0 Å². The first-order valence-electron chi connectivity index (χ1n) is 7.34. The normalized spacial score (nSPS) is 28.0. The Morgan fingerprint density at radius 2 is 1.83 bits per heavy atom. The van der Waals surface area contributed by atoms with Gasteiger partial charge in [0.05, 0.1) is 0 Å². The predicted octanol–water partition coefficient (Wildman–Crippen LogP) is 4.14. The lowest BCUT2D eigenvalue weighted by Gasteiger charge is -2.33. The van der Waals surface area contributed by atoms with Crippen molar-refractivity contribution < 1.29 is 0 Å². The van der Waals surface area contributed by atoms with Gasteiger partial charge in [0.1, 0.15) is 0 Å². The maximum absolute atomic E-state index is 3.77. The van der Waals surface area contributed by atoms with Gasteiger partial charge in [-0.05, 0) is 46.8 Å². The van der Waals surface area contributed by atoms with Crippen LogP contribution in [0.3, 0.4) is 0 Å². The molecule has 3 rings (SSSR count). The SMILES string of the molecule is CC1CNC(C2CC2)c2cc(C(C)(C)C)ccc21. The predicted molar refractivity (Wildman–Crippen MR) is 77.0 cm³/mol. The highest BCUT2D eigenvalue weighted by Crippen LogP contribution is 2.45. The van der Waals surface area contributed by atoms with Gasteiger partial charge < -0.3 is 5.32 Å². The highest BCUT2D eigenvalue weighted by Gasteiger charge is 2.36. The summed E-state index contributed by atoms with van der Waals surface area (Å²) in [5.41, 5.74) is 4.90. The molecule has 0 amide bonds. The Kier molecular flexibility index (Phi) is 2.78. The minimum atomic E-state index is 0.254. The monoisotopic (exact) mass is 243 g/mol. The molecule has 0 saturated heterocycles. The summed E-state index contributed by atoms with van der Waals surface area (Å²) in [7, 11) is 0. The molecular formula is C17H25N. The summed E-state index contributed by atoms with van der Waals surface area (Å²) in [5.74, 6) is 1.55. The van der Waals surface area contributed by atoms with Gasteiger partial charge in [-0.25, -0.2) is 0 Å². The van der Waals surface area contributed by atoms with Crippen molar-refractivity contribution in [2.75, 3.05) is 6.54 Å². The van der Waals surface area contributed by atoms with Gasteiger partial charge in [0.2, 0.25) is 0 Å². The topological polar surface area (TPSA) is 12.0 Å². The third-order valence-corrected chi connectivity index (χ3v) is 4.56. The second-order valence-electron chi connectivity index (χ2n) is 7.22. The second kappa shape index (κ2) is 4.09. The molecule has 0 bridgehead atoms. The standard InChI is InChI=1S/C17H25N/c1-11-10-18-16(12-5-6-12)15-9-13(17(2,3)4)7-8-14(11)15/h7-9,11-12,16,18H,5-6,10H2,1-4H3. The van der Waals surface area contributed by atoms with Crippen LogP contribution < -0.4 is 5.32 Å². The average molecular weight is 243 g/mol. The van der Waals surface area contributed by atoms with Crippen molar-refractivity contribution in [1.29, 1.82) is 0 Å². The summed E-state index contributed by atoms with van der Waals surface area (Å²) in [4.78, 5) is 0. The van der Waals surface area contributed by atoms with E-state index in [4.69, 9.17) is 0 Å². The molecule has 98 valence electrons. The lowest BCUT2D eigenvalue weighted by molar-refractivity contribution is 0.427. The Labute approximate surface area is 111 Å². The zero-order chi connectivity index (χ0) is 12.9. The molecule has 1 fully saturated rings. The molecule has 0 spiro atoms. The minimum Gasteiger partial charge on any atom is -0.309 e. The van der Waals surface area contributed by atoms with Gasteiger partial charge in [-0.2, -0.15) is 0 Å². The van der Waals surface area contributed by atoms with Gasteiger partial charge in [0, 0.05) is 12.6 Å². The maximum atomic E-state index is 3.77. The summed E-state index contributed by atoms with van der Waals surface area (Å²) in [6, 6.07) is 7.82. The number of rotatable bonds is 1. The first-order chi connectivity index (χ1) is 8.47. The average Bonchev–Trinajstić information content (AvgIpc) is 3.12. The highest BCUT2D eigenvalue weighted by molar-refractivity contribution is 5.41. The fraction of sp³-hybridized carbons (Fsp3) is 0.647. The van der Waals surface area contributed by atoms with Crippen molar-refractivity contribution in [2.24, 2.45) is 5.92 Å². The molecule has 1 N–H and O–H groups in total. The van der Waals surface area contributed by atoms with Gasteiger partial charge in [-0.1, -0.05) is 45.9 Å². The lowest BCUT2D eigenvalue weighted by atomic mass is 9.79. The van der Waals surface area contributed by atoms with Crippen LogP contribution in [0, 0.1) is 5.92 Å².